The first-order chi connectivity index (χ1) is 14.0. The zero-order valence-electron chi connectivity index (χ0n) is 19.5. The molecule has 1 rings (SSSR count). The molecule has 0 aromatic heterocycles. The van der Waals surface area contributed by atoms with E-state index in [0.29, 0.717) is 19.2 Å². The van der Waals surface area contributed by atoms with Gasteiger partial charge in [0.1, 0.15) is 12.4 Å². The fourth-order valence-corrected chi connectivity index (χ4v) is 3.06. The average molecular weight is 406 g/mol. The number of para-hydroxylation sites is 1. The number of hydrogen-bond acceptors (Lipinski definition) is 4. The number of hydrogen-bond donors (Lipinski definition) is 2. The molecule has 0 aliphatic rings. The molecule has 29 heavy (non-hydrogen) atoms. The van der Waals surface area contributed by atoms with Gasteiger partial charge >= 0.3 is 0 Å². The smallest absolute Gasteiger partial charge is 0.191 e. The lowest BCUT2D eigenvalue weighted by Crippen LogP contribution is -2.42. The number of benzene rings is 1. The van der Waals surface area contributed by atoms with Crippen LogP contribution in [0.1, 0.15) is 46.1 Å². The zero-order chi connectivity index (χ0) is 21.5. The summed E-state index contributed by atoms with van der Waals surface area (Å²) in [5, 5.41) is 6.91. The SMILES string of the molecule is CCNC(=NCc1ccccc1OCCN(C)C)NC(C)CCCN(CC)CC. The van der Waals surface area contributed by atoms with Crippen molar-refractivity contribution >= 4 is 5.96 Å². The van der Waals surface area contributed by atoms with Crippen LogP contribution in [-0.2, 0) is 6.54 Å². The molecule has 1 atom stereocenters. The average Bonchev–Trinajstić information content (AvgIpc) is 2.70. The summed E-state index contributed by atoms with van der Waals surface area (Å²) in [5.41, 5.74) is 1.11. The molecule has 0 amide bonds. The molecule has 0 aliphatic carbocycles. The van der Waals surface area contributed by atoms with Gasteiger partial charge < -0.3 is 25.2 Å². The van der Waals surface area contributed by atoms with Crippen LogP contribution < -0.4 is 15.4 Å². The summed E-state index contributed by atoms with van der Waals surface area (Å²) < 4.78 is 5.96. The van der Waals surface area contributed by atoms with Crippen LogP contribution in [0.4, 0.5) is 0 Å². The Morgan fingerprint density at radius 3 is 2.48 bits per heavy atom. The van der Waals surface area contributed by atoms with Crippen LogP contribution in [0, 0.1) is 0 Å². The molecule has 0 saturated heterocycles. The highest BCUT2D eigenvalue weighted by molar-refractivity contribution is 5.80. The van der Waals surface area contributed by atoms with Crippen LogP contribution >= 0.6 is 0 Å². The number of rotatable bonds is 14. The Hall–Kier alpha value is -1.79. The van der Waals surface area contributed by atoms with Gasteiger partial charge in [-0.3, -0.25) is 0 Å². The Bertz CT molecular complexity index is 572. The maximum absolute atomic E-state index is 5.96. The minimum Gasteiger partial charge on any atom is -0.492 e. The summed E-state index contributed by atoms with van der Waals surface area (Å²) in [6, 6.07) is 8.55. The van der Waals surface area contributed by atoms with Crippen LogP contribution in [-0.4, -0.2) is 75.2 Å². The van der Waals surface area contributed by atoms with E-state index in [1.54, 1.807) is 0 Å². The number of ether oxygens (including phenoxy) is 1. The topological polar surface area (TPSA) is 52.1 Å². The van der Waals surface area contributed by atoms with Crippen molar-refractivity contribution in [1.82, 2.24) is 20.4 Å². The lowest BCUT2D eigenvalue weighted by Gasteiger charge is -2.21. The normalized spacial score (nSPS) is 13.0. The quantitative estimate of drug-likeness (QED) is 0.368. The molecule has 6 heteroatoms. The van der Waals surface area contributed by atoms with E-state index in [1.165, 1.54) is 6.42 Å². The minimum absolute atomic E-state index is 0.384. The molecule has 0 spiro atoms. The first-order valence-electron chi connectivity index (χ1n) is 11.1. The number of aliphatic imine (C=N–C) groups is 1. The molecule has 0 bridgehead atoms. The van der Waals surface area contributed by atoms with Crippen molar-refractivity contribution in [2.24, 2.45) is 4.99 Å². The molecule has 0 radical (unpaired) electrons. The number of nitrogens with one attached hydrogen (secondary N) is 2. The second-order valence-corrected chi connectivity index (χ2v) is 7.67. The van der Waals surface area contributed by atoms with Crippen molar-refractivity contribution < 1.29 is 4.74 Å². The van der Waals surface area contributed by atoms with Crippen molar-refractivity contribution in [3.05, 3.63) is 29.8 Å². The second-order valence-electron chi connectivity index (χ2n) is 7.67. The largest absolute Gasteiger partial charge is 0.492 e. The van der Waals surface area contributed by atoms with Gasteiger partial charge in [-0.25, -0.2) is 4.99 Å². The highest BCUT2D eigenvalue weighted by Crippen LogP contribution is 2.18. The Kier molecular flexibility index (Phi) is 13.1. The maximum Gasteiger partial charge on any atom is 0.191 e. The van der Waals surface area contributed by atoms with E-state index in [0.717, 1.165) is 56.4 Å². The van der Waals surface area contributed by atoms with Gasteiger partial charge in [0.2, 0.25) is 0 Å². The molecule has 0 heterocycles. The Morgan fingerprint density at radius 1 is 1.10 bits per heavy atom. The van der Waals surface area contributed by atoms with Gasteiger partial charge in [0.25, 0.3) is 0 Å². The molecule has 1 aromatic carbocycles. The van der Waals surface area contributed by atoms with Gasteiger partial charge in [-0.2, -0.15) is 0 Å². The van der Waals surface area contributed by atoms with Crippen molar-refractivity contribution in [2.45, 2.75) is 53.1 Å². The molecule has 0 fully saturated rings. The number of likely N-dealkylation sites (N-methyl/N-ethyl adjacent to an activating group) is 1. The van der Waals surface area contributed by atoms with Crippen molar-refractivity contribution in [1.29, 1.82) is 0 Å². The summed E-state index contributed by atoms with van der Waals surface area (Å²) >= 11 is 0. The first kappa shape index (κ1) is 25.2. The highest BCUT2D eigenvalue weighted by atomic mass is 16.5. The van der Waals surface area contributed by atoms with Crippen molar-refractivity contribution in [3.63, 3.8) is 0 Å². The summed E-state index contributed by atoms with van der Waals surface area (Å²) in [5.74, 6) is 1.78. The summed E-state index contributed by atoms with van der Waals surface area (Å²) in [6.07, 6.45) is 2.32. The monoisotopic (exact) mass is 405 g/mol. The lowest BCUT2D eigenvalue weighted by atomic mass is 10.2. The van der Waals surface area contributed by atoms with E-state index in [2.05, 4.69) is 68.3 Å². The van der Waals surface area contributed by atoms with Crippen molar-refractivity contribution in [2.75, 3.05) is 53.4 Å². The van der Waals surface area contributed by atoms with Gasteiger partial charge in [0.15, 0.2) is 5.96 Å². The summed E-state index contributed by atoms with van der Waals surface area (Å²) in [7, 11) is 4.11. The van der Waals surface area contributed by atoms with Gasteiger partial charge in [0, 0.05) is 24.7 Å². The molecular formula is C23H43N5O. The fourth-order valence-electron chi connectivity index (χ4n) is 3.06. The third-order valence-corrected chi connectivity index (χ3v) is 4.91. The Morgan fingerprint density at radius 2 is 1.83 bits per heavy atom. The van der Waals surface area contributed by atoms with Crippen molar-refractivity contribution in [3.8, 4) is 5.75 Å². The van der Waals surface area contributed by atoms with Gasteiger partial charge in [0.05, 0.1) is 6.54 Å². The van der Waals surface area contributed by atoms with Crippen LogP contribution in [0.25, 0.3) is 0 Å². The molecular weight excluding hydrogens is 362 g/mol. The van der Waals surface area contributed by atoms with Crippen LogP contribution in [0.3, 0.4) is 0 Å². The second kappa shape index (κ2) is 15.1. The summed E-state index contributed by atoms with van der Waals surface area (Å²) in [6.45, 7) is 15.2. The van der Waals surface area contributed by atoms with E-state index in [9.17, 15) is 0 Å². The third-order valence-electron chi connectivity index (χ3n) is 4.91. The Balaban J connectivity index is 2.60. The van der Waals surface area contributed by atoms with E-state index < -0.39 is 0 Å². The van der Waals surface area contributed by atoms with E-state index >= 15 is 0 Å². The predicted octanol–water partition coefficient (Wildman–Crippen LogP) is 3.19. The van der Waals surface area contributed by atoms with Crippen LogP contribution in [0.15, 0.2) is 29.3 Å². The van der Waals surface area contributed by atoms with E-state index in [1.807, 2.05) is 18.2 Å². The molecule has 1 aromatic rings. The van der Waals surface area contributed by atoms with Gasteiger partial charge in [-0.15, -0.1) is 0 Å². The van der Waals surface area contributed by atoms with Gasteiger partial charge in [-0.05, 0) is 66.5 Å². The molecule has 0 saturated carbocycles. The van der Waals surface area contributed by atoms with Gasteiger partial charge in [-0.1, -0.05) is 32.0 Å². The molecule has 6 nitrogen and oxygen atoms in total. The molecule has 2 N–H and O–H groups in total. The molecule has 166 valence electrons. The molecule has 1 unspecified atom stereocenters. The maximum atomic E-state index is 5.96. The Labute approximate surface area is 178 Å². The standard InChI is InChI=1S/C23H43N5O/c1-7-24-23(26-20(4)13-12-16-28(8-2)9-3)25-19-21-14-10-11-15-22(21)29-18-17-27(5)6/h10-11,14-15,20H,7-9,12-13,16-19H2,1-6H3,(H2,24,25,26). The highest BCUT2D eigenvalue weighted by Gasteiger charge is 2.08. The van der Waals surface area contributed by atoms with Crippen LogP contribution in [0.2, 0.25) is 0 Å². The fraction of sp³-hybridized carbons (Fsp3) is 0.696. The zero-order valence-corrected chi connectivity index (χ0v) is 19.5. The lowest BCUT2D eigenvalue weighted by molar-refractivity contribution is 0.259. The molecule has 0 aliphatic heterocycles. The predicted molar refractivity (Wildman–Crippen MR) is 125 cm³/mol. The minimum atomic E-state index is 0.384. The third kappa shape index (κ3) is 11.1. The number of nitrogens with zero attached hydrogens (tertiary/aromatic N) is 3. The first-order valence-corrected chi connectivity index (χ1v) is 11.1. The van der Waals surface area contributed by atoms with E-state index in [4.69, 9.17) is 9.73 Å². The number of guanidine groups is 1. The van der Waals surface area contributed by atoms with Crippen LogP contribution in [0.5, 0.6) is 5.75 Å². The summed E-state index contributed by atoms with van der Waals surface area (Å²) in [4.78, 5) is 9.39. The van der Waals surface area contributed by atoms with E-state index in [-0.39, 0.29) is 0 Å².